The lowest BCUT2D eigenvalue weighted by molar-refractivity contribution is -0.00510. The van der Waals surface area contributed by atoms with Gasteiger partial charge in [-0.05, 0) is 24.5 Å². The Morgan fingerprint density at radius 1 is 1.12 bits per heavy atom. The number of carbonyl (C=O) groups excluding carboxylic acids is 1. The zero-order valence-corrected chi connectivity index (χ0v) is 14.2. The SMILES string of the molecule is CCOC(=O)N1C[C@H](O)C[C@H]1C(O)(c1ccccc1)c1ccccc1. The second-order valence-corrected chi connectivity index (χ2v) is 6.26. The molecule has 5 heteroatoms. The molecule has 0 aliphatic carbocycles. The van der Waals surface area contributed by atoms with E-state index in [1.807, 2.05) is 60.7 Å². The summed E-state index contributed by atoms with van der Waals surface area (Å²) in [6, 6.07) is 17.9. The predicted octanol–water partition coefficient (Wildman–Crippen LogP) is 2.51. The fraction of sp³-hybridized carbons (Fsp3) is 0.350. The van der Waals surface area contributed by atoms with Crippen LogP contribution in [0.4, 0.5) is 4.79 Å². The van der Waals surface area contributed by atoms with Crippen LogP contribution in [0.2, 0.25) is 0 Å². The molecule has 2 N–H and O–H groups in total. The van der Waals surface area contributed by atoms with E-state index < -0.39 is 23.8 Å². The first-order valence-corrected chi connectivity index (χ1v) is 8.52. The average molecular weight is 341 g/mol. The van der Waals surface area contributed by atoms with E-state index in [4.69, 9.17) is 4.74 Å². The first-order chi connectivity index (χ1) is 12.1. The molecule has 0 saturated carbocycles. The van der Waals surface area contributed by atoms with E-state index in [1.165, 1.54) is 4.90 Å². The molecule has 1 fully saturated rings. The van der Waals surface area contributed by atoms with Gasteiger partial charge in [0, 0.05) is 0 Å². The van der Waals surface area contributed by atoms with E-state index in [9.17, 15) is 15.0 Å². The summed E-state index contributed by atoms with van der Waals surface area (Å²) >= 11 is 0. The quantitative estimate of drug-likeness (QED) is 0.896. The molecule has 5 nitrogen and oxygen atoms in total. The number of amides is 1. The Kier molecular flexibility index (Phi) is 5.06. The molecule has 0 radical (unpaired) electrons. The highest BCUT2D eigenvalue weighted by Crippen LogP contribution is 2.40. The Morgan fingerprint density at radius 3 is 2.12 bits per heavy atom. The second-order valence-electron chi connectivity index (χ2n) is 6.26. The van der Waals surface area contributed by atoms with Crippen LogP contribution in [0.5, 0.6) is 0 Å². The lowest BCUT2D eigenvalue weighted by Crippen LogP contribution is -2.50. The molecule has 1 aliphatic rings. The van der Waals surface area contributed by atoms with Crippen molar-refractivity contribution in [2.75, 3.05) is 13.2 Å². The number of ether oxygens (including phenoxy) is 1. The molecule has 1 amide bonds. The van der Waals surface area contributed by atoms with Crippen molar-refractivity contribution in [2.45, 2.75) is 31.1 Å². The number of hydrogen-bond donors (Lipinski definition) is 2. The Morgan fingerprint density at radius 2 is 1.64 bits per heavy atom. The fourth-order valence-electron chi connectivity index (χ4n) is 3.55. The van der Waals surface area contributed by atoms with Crippen molar-refractivity contribution in [3.8, 4) is 0 Å². The summed E-state index contributed by atoms with van der Waals surface area (Å²) in [6.07, 6.45) is -0.943. The zero-order valence-electron chi connectivity index (χ0n) is 14.2. The first-order valence-electron chi connectivity index (χ1n) is 8.52. The van der Waals surface area contributed by atoms with Crippen molar-refractivity contribution in [1.82, 2.24) is 4.90 Å². The summed E-state index contributed by atoms with van der Waals surface area (Å²) < 4.78 is 5.14. The highest BCUT2D eigenvalue weighted by Gasteiger charge is 2.50. The van der Waals surface area contributed by atoms with Crippen LogP contribution in [0.15, 0.2) is 60.7 Å². The Labute approximate surface area is 147 Å². The van der Waals surface area contributed by atoms with Gasteiger partial charge in [0.25, 0.3) is 0 Å². The average Bonchev–Trinajstić information content (AvgIpc) is 3.05. The Bertz CT molecular complexity index is 665. The van der Waals surface area contributed by atoms with Crippen LogP contribution in [-0.4, -0.2) is 46.5 Å². The van der Waals surface area contributed by atoms with Crippen LogP contribution < -0.4 is 0 Å². The molecule has 3 rings (SSSR count). The number of aliphatic hydroxyl groups excluding tert-OH is 1. The fourth-order valence-corrected chi connectivity index (χ4v) is 3.55. The third kappa shape index (κ3) is 3.25. The van der Waals surface area contributed by atoms with Crippen molar-refractivity contribution in [3.05, 3.63) is 71.8 Å². The molecule has 2 aromatic carbocycles. The van der Waals surface area contributed by atoms with Crippen molar-refractivity contribution in [1.29, 1.82) is 0 Å². The van der Waals surface area contributed by atoms with Crippen LogP contribution in [-0.2, 0) is 10.3 Å². The van der Waals surface area contributed by atoms with E-state index in [0.29, 0.717) is 11.1 Å². The van der Waals surface area contributed by atoms with Crippen LogP contribution >= 0.6 is 0 Å². The maximum Gasteiger partial charge on any atom is 0.410 e. The van der Waals surface area contributed by atoms with E-state index in [0.717, 1.165) is 0 Å². The van der Waals surface area contributed by atoms with Crippen LogP contribution in [0.1, 0.15) is 24.5 Å². The summed E-state index contributed by atoms with van der Waals surface area (Å²) in [6.45, 7) is 2.12. The van der Waals surface area contributed by atoms with Crippen molar-refractivity contribution in [2.24, 2.45) is 0 Å². The Hall–Kier alpha value is -2.37. The second kappa shape index (κ2) is 7.25. The van der Waals surface area contributed by atoms with Gasteiger partial charge in [0.1, 0.15) is 5.60 Å². The molecule has 2 atom stereocenters. The van der Waals surface area contributed by atoms with Gasteiger partial charge in [-0.25, -0.2) is 4.79 Å². The summed E-state index contributed by atoms with van der Waals surface area (Å²) in [5.41, 5.74) is -0.0866. The Balaban J connectivity index is 2.09. The number of hydrogen-bond acceptors (Lipinski definition) is 4. The standard InChI is InChI=1S/C20H23NO4/c1-2-25-19(23)21-14-17(22)13-18(21)20(24,15-9-5-3-6-10-15)16-11-7-4-8-12-16/h3-12,17-18,22,24H,2,13-14H2,1H3/t17-,18+/m1/s1. The molecule has 1 heterocycles. The molecule has 0 unspecified atom stereocenters. The molecule has 0 spiro atoms. The molecule has 132 valence electrons. The van der Waals surface area contributed by atoms with Gasteiger partial charge < -0.3 is 14.9 Å². The van der Waals surface area contributed by atoms with Gasteiger partial charge in [-0.1, -0.05) is 60.7 Å². The summed E-state index contributed by atoms with van der Waals surface area (Å²) in [5.74, 6) is 0. The number of benzene rings is 2. The first kappa shape index (κ1) is 17.5. The molecular weight excluding hydrogens is 318 g/mol. The minimum absolute atomic E-state index is 0.144. The summed E-state index contributed by atoms with van der Waals surface area (Å²) in [4.78, 5) is 13.8. The van der Waals surface area contributed by atoms with Crippen LogP contribution in [0.3, 0.4) is 0 Å². The third-order valence-corrected chi connectivity index (χ3v) is 4.69. The van der Waals surface area contributed by atoms with E-state index in [1.54, 1.807) is 6.92 Å². The van der Waals surface area contributed by atoms with E-state index in [2.05, 4.69) is 0 Å². The minimum Gasteiger partial charge on any atom is -0.450 e. The van der Waals surface area contributed by atoms with Gasteiger partial charge in [0.2, 0.25) is 0 Å². The number of carbonyl (C=O) groups is 1. The van der Waals surface area contributed by atoms with Gasteiger partial charge in [-0.3, -0.25) is 4.90 Å². The zero-order chi connectivity index (χ0) is 17.9. The number of β-amino-alcohol motifs (C(OH)–C–C–N with tert-alkyl or cyclic N) is 1. The third-order valence-electron chi connectivity index (χ3n) is 4.69. The summed E-state index contributed by atoms with van der Waals surface area (Å²) in [5, 5.41) is 22.0. The number of aliphatic hydroxyl groups is 2. The topological polar surface area (TPSA) is 70.0 Å². The molecule has 1 saturated heterocycles. The smallest absolute Gasteiger partial charge is 0.410 e. The molecule has 0 aromatic heterocycles. The van der Waals surface area contributed by atoms with Crippen molar-refractivity contribution < 1.29 is 19.7 Å². The molecular formula is C20H23NO4. The highest BCUT2D eigenvalue weighted by molar-refractivity contribution is 5.69. The maximum atomic E-state index is 12.4. The van der Waals surface area contributed by atoms with Crippen molar-refractivity contribution in [3.63, 3.8) is 0 Å². The van der Waals surface area contributed by atoms with E-state index in [-0.39, 0.29) is 19.6 Å². The lowest BCUT2D eigenvalue weighted by Gasteiger charge is -2.39. The lowest BCUT2D eigenvalue weighted by atomic mass is 9.79. The highest BCUT2D eigenvalue weighted by atomic mass is 16.6. The number of rotatable bonds is 4. The van der Waals surface area contributed by atoms with Crippen molar-refractivity contribution >= 4 is 6.09 Å². The van der Waals surface area contributed by atoms with Gasteiger partial charge in [0.05, 0.1) is 25.3 Å². The summed E-state index contributed by atoms with van der Waals surface area (Å²) in [7, 11) is 0. The van der Waals surface area contributed by atoms with Gasteiger partial charge in [-0.15, -0.1) is 0 Å². The molecule has 0 bridgehead atoms. The molecule has 1 aliphatic heterocycles. The maximum absolute atomic E-state index is 12.4. The van der Waals surface area contributed by atoms with Gasteiger partial charge >= 0.3 is 6.09 Å². The van der Waals surface area contributed by atoms with Crippen LogP contribution in [0, 0.1) is 0 Å². The van der Waals surface area contributed by atoms with Crippen LogP contribution in [0.25, 0.3) is 0 Å². The predicted molar refractivity (Wildman–Crippen MR) is 94.0 cm³/mol. The number of nitrogens with zero attached hydrogens (tertiary/aromatic N) is 1. The van der Waals surface area contributed by atoms with Gasteiger partial charge in [0.15, 0.2) is 0 Å². The number of likely N-dealkylation sites (tertiary alicyclic amines) is 1. The molecule has 25 heavy (non-hydrogen) atoms. The monoisotopic (exact) mass is 341 g/mol. The molecule has 2 aromatic rings. The normalized spacial score (nSPS) is 20.5. The van der Waals surface area contributed by atoms with Gasteiger partial charge in [-0.2, -0.15) is 0 Å². The minimum atomic E-state index is -1.44. The van der Waals surface area contributed by atoms with E-state index >= 15 is 0 Å². The largest absolute Gasteiger partial charge is 0.450 e.